The third-order valence-electron chi connectivity index (χ3n) is 4.49. The molecule has 1 heterocycles. The Morgan fingerprint density at radius 3 is 2.55 bits per heavy atom. The molecule has 0 saturated heterocycles. The summed E-state index contributed by atoms with van der Waals surface area (Å²) in [5.41, 5.74) is 8.66. The van der Waals surface area contributed by atoms with Crippen LogP contribution < -0.4 is 10.5 Å². The monoisotopic (exact) mass is 394 g/mol. The number of nitrogens with two attached hydrogens (primary N) is 1. The number of carbonyl (C=O) groups excluding carboxylic acids is 1. The molecule has 3 rings (SSSR count). The first kappa shape index (κ1) is 20.6. The lowest BCUT2D eigenvalue weighted by Crippen LogP contribution is -2.34. The van der Waals surface area contributed by atoms with Crippen molar-refractivity contribution >= 4 is 5.97 Å². The van der Waals surface area contributed by atoms with Crippen LogP contribution in [-0.2, 0) is 22.4 Å². The van der Waals surface area contributed by atoms with Crippen LogP contribution in [0.4, 0.5) is 0 Å². The van der Waals surface area contributed by atoms with E-state index >= 15 is 0 Å². The molecule has 0 radical (unpaired) electrons. The molecule has 0 bridgehead atoms. The van der Waals surface area contributed by atoms with E-state index in [0.717, 1.165) is 28.3 Å². The first-order chi connectivity index (χ1) is 14.1. The molecule has 6 nitrogen and oxygen atoms in total. The van der Waals surface area contributed by atoms with Crippen LogP contribution in [0.2, 0.25) is 0 Å². The standard InChI is InChI=1S/C23H26N2O4/c1-3-27-23(26)20(24)15-17-9-11-19(12-10-17)28-14-13-21-16(2)29-22(25-21)18-7-5-4-6-8-18/h4-12,20H,3,13-15,24H2,1-2H3/t20-/m0/s1. The smallest absolute Gasteiger partial charge is 0.323 e. The largest absolute Gasteiger partial charge is 0.493 e. The fourth-order valence-corrected chi connectivity index (χ4v) is 2.94. The van der Waals surface area contributed by atoms with E-state index in [2.05, 4.69) is 4.98 Å². The molecular weight excluding hydrogens is 368 g/mol. The van der Waals surface area contributed by atoms with Crippen LogP contribution in [0.3, 0.4) is 0 Å². The van der Waals surface area contributed by atoms with Crippen LogP contribution in [0.15, 0.2) is 59.0 Å². The maximum Gasteiger partial charge on any atom is 0.323 e. The molecule has 3 aromatic rings. The van der Waals surface area contributed by atoms with Gasteiger partial charge >= 0.3 is 5.97 Å². The van der Waals surface area contributed by atoms with E-state index in [1.807, 2.05) is 61.5 Å². The van der Waals surface area contributed by atoms with Crippen LogP contribution in [0, 0.1) is 6.92 Å². The fourth-order valence-electron chi connectivity index (χ4n) is 2.94. The molecule has 0 fully saturated rings. The van der Waals surface area contributed by atoms with Gasteiger partial charge in [-0.1, -0.05) is 30.3 Å². The number of nitrogens with zero attached hydrogens (tertiary/aromatic N) is 1. The molecule has 0 spiro atoms. The number of aryl methyl sites for hydroxylation is 1. The van der Waals surface area contributed by atoms with E-state index in [1.54, 1.807) is 6.92 Å². The summed E-state index contributed by atoms with van der Waals surface area (Å²) in [4.78, 5) is 16.2. The summed E-state index contributed by atoms with van der Waals surface area (Å²) in [5, 5.41) is 0. The van der Waals surface area contributed by atoms with E-state index in [0.29, 0.717) is 31.9 Å². The van der Waals surface area contributed by atoms with Gasteiger partial charge in [-0.3, -0.25) is 4.79 Å². The highest BCUT2D eigenvalue weighted by Crippen LogP contribution is 2.22. The number of benzene rings is 2. The Kier molecular flexibility index (Phi) is 7.03. The zero-order valence-electron chi connectivity index (χ0n) is 16.8. The zero-order chi connectivity index (χ0) is 20.6. The van der Waals surface area contributed by atoms with Crippen molar-refractivity contribution < 1.29 is 18.7 Å². The summed E-state index contributed by atoms with van der Waals surface area (Å²) in [6.45, 7) is 4.50. The van der Waals surface area contributed by atoms with Gasteiger partial charge in [-0.2, -0.15) is 0 Å². The maximum absolute atomic E-state index is 11.6. The van der Waals surface area contributed by atoms with Crippen molar-refractivity contribution in [2.75, 3.05) is 13.2 Å². The van der Waals surface area contributed by atoms with Gasteiger partial charge in [-0.15, -0.1) is 0 Å². The van der Waals surface area contributed by atoms with Crippen molar-refractivity contribution in [1.82, 2.24) is 4.98 Å². The van der Waals surface area contributed by atoms with Crippen LogP contribution in [0.25, 0.3) is 11.5 Å². The Morgan fingerprint density at radius 1 is 1.14 bits per heavy atom. The van der Waals surface area contributed by atoms with Gasteiger partial charge in [-0.05, 0) is 50.1 Å². The number of rotatable bonds is 9. The molecule has 1 atom stereocenters. The van der Waals surface area contributed by atoms with Crippen molar-refractivity contribution in [3.8, 4) is 17.2 Å². The normalized spacial score (nSPS) is 11.8. The second kappa shape index (κ2) is 9.89. The van der Waals surface area contributed by atoms with Gasteiger partial charge in [0.2, 0.25) is 5.89 Å². The van der Waals surface area contributed by atoms with Crippen molar-refractivity contribution in [3.63, 3.8) is 0 Å². The lowest BCUT2D eigenvalue weighted by molar-refractivity contribution is -0.144. The predicted molar refractivity (Wildman–Crippen MR) is 111 cm³/mol. The molecule has 6 heteroatoms. The van der Waals surface area contributed by atoms with Gasteiger partial charge < -0.3 is 19.6 Å². The van der Waals surface area contributed by atoms with E-state index in [4.69, 9.17) is 19.6 Å². The summed E-state index contributed by atoms with van der Waals surface area (Å²) in [6, 6.07) is 16.7. The minimum Gasteiger partial charge on any atom is -0.493 e. The molecule has 0 amide bonds. The Balaban J connectivity index is 1.51. The van der Waals surface area contributed by atoms with Crippen molar-refractivity contribution in [2.45, 2.75) is 32.7 Å². The Morgan fingerprint density at radius 2 is 1.86 bits per heavy atom. The minimum absolute atomic E-state index is 0.331. The fraction of sp³-hybridized carbons (Fsp3) is 0.304. The number of aromatic nitrogens is 1. The van der Waals surface area contributed by atoms with Crippen LogP contribution >= 0.6 is 0 Å². The van der Waals surface area contributed by atoms with Crippen molar-refractivity contribution in [1.29, 1.82) is 0 Å². The van der Waals surface area contributed by atoms with Gasteiger partial charge in [0.1, 0.15) is 17.6 Å². The summed E-state index contributed by atoms with van der Waals surface area (Å²) < 4.78 is 16.5. The molecule has 1 aromatic heterocycles. The van der Waals surface area contributed by atoms with E-state index in [-0.39, 0.29) is 5.97 Å². The molecule has 0 unspecified atom stereocenters. The highest BCUT2D eigenvalue weighted by atomic mass is 16.5. The lowest BCUT2D eigenvalue weighted by Gasteiger charge is -2.11. The lowest BCUT2D eigenvalue weighted by atomic mass is 10.1. The molecule has 0 saturated carbocycles. The van der Waals surface area contributed by atoms with Gasteiger partial charge in [0.05, 0.1) is 18.9 Å². The topological polar surface area (TPSA) is 87.6 Å². The number of oxazole rings is 1. The number of esters is 1. The zero-order valence-corrected chi connectivity index (χ0v) is 16.8. The molecule has 152 valence electrons. The first-order valence-corrected chi connectivity index (χ1v) is 9.72. The predicted octanol–water partition coefficient (Wildman–Crippen LogP) is 3.70. The highest BCUT2D eigenvalue weighted by molar-refractivity contribution is 5.75. The summed E-state index contributed by atoms with van der Waals surface area (Å²) in [6.07, 6.45) is 1.08. The van der Waals surface area contributed by atoms with Crippen LogP contribution in [0.1, 0.15) is 23.9 Å². The summed E-state index contributed by atoms with van der Waals surface area (Å²) in [5.74, 6) is 1.80. The number of carbonyl (C=O) groups is 1. The van der Waals surface area contributed by atoms with Crippen molar-refractivity contribution in [2.24, 2.45) is 5.73 Å². The van der Waals surface area contributed by atoms with E-state index in [1.165, 1.54) is 0 Å². The summed E-state index contributed by atoms with van der Waals surface area (Å²) >= 11 is 0. The Bertz CT molecular complexity index is 920. The van der Waals surface area contributed by atoms with E-state index < -0.39 is 6.04 Å². The van der Waals surface area contributed by atoms with E-state index in [9.17, 15) is 4.79 Å². The van der Waals surface area contributed by atoms with Gasteiger partial charge in [0, 0.05) is 12.0 Å². The van der Waals surface area contributed by atoms with Crippen LogP contribution in [-0.4, -0.2) is 30.2 Å². The number of hydrogen-bond acceptors (Lipinski definition) is 6. The third kappa shape index (κ3) is 5.68. The molecule has 2 N–H and O–H groups in total. The minimum atomic E-state index is -0.657. The van der Waals surface area contributed by atoms with Gasteiger partial charge in [-0.25, -0.2) is 4.98 Å². The second-order valence-electron chi connectivity index (χ2n) is 6.69. The average molecular weight is 394 g/mol. The molecular formula is C23H26N2O4. The first-order valence-electron chi connectivity index (χ1n) is 9.72. The molecule has 0 aliphatic carbocycles. The molecule has 2 aromatic carbocycles. The highest BCUT2D eigenvalue weighted by Gasteiger charge is 2.15. The SMILES string of the molecule is CCOC(=O)[C@@H](N)Cc1ccc(OCCc2nc(-c3ccccc3)oc2C)cc1. The molecule has 29 heavy (non-hydrogen) atoms. The van der Waals surface area contributed by atoms with Gasteiger partial charge in [0.25, 0.3) is 0 Å². The second-order valence-corrected chi connectivity index (χ2v) is 6.69. The third-order valence-corrected chi connectivity index (χ3v) is 4.49. The summed E-state index contributed by atoms with van der Waals surface area (Å²) in [7, 11) is 0. The van der Waals surface area contributed by atoms with Crippen molar-refractivity contribution in [3.05, 3.63) is 71.6 Å². The maximum atomic E-state index is 11.6. The Hall–Kier alpha value is -3.12. The van der Waals surface area contributed by atoms with Gasteiger partial charge in [0.15, 0.2) is 0 Å². The Labute approximate surface area is 170 Å². The number of hydrogen-bond donors (Lipinski definition) is 1. The quantitative estimate of drug-likeness (QED) is 0.557. The molecule has 0 aliphatic heterocycles. The average Bonchev–Trinajstić information content (AvgIpc) is 3.11. The molecule has 0 aliphatic rings. The van der Waals surface area contributed by atoms with Crippen LogP contribution in [0.5, 0.6) is 5.75 Å². The number of ether oxygens (including phenoxy) is 2.